The second-order valence-corrected chi connectivity index (χ2v) is 2.27. The maximum Gasteiger partial charge on any atom is 1.00 e. The van der Waals surface area contributed by atoms with Crippen LogP contribution in [0.4, 0.5) is 0 Å². The summed E-state index contributed by atoms with van der Waals surface area (Å²) in [6.45, 7) is 3.63. The standard InChI is InChI=1S/C7H7S.Li/c1-2-3-7-4-5-8-6-7;/h2,4,6H,1,3H2;/q-1;+1. The molecule has 0 radical (unpaired) electrons. The van der Waals surface area contributed by atoms with Crippen molar-refractivity contribution in [2.45, 2.75) is 6.42 Å². The fourth-order valence-electron chi connectivity index (χ4n) is 0.527. The minimum atomic E-state index is 0. The molecular formula is C7H7LiS. The van der Waals surface area contributed by atoms with Crippen molar-refractivity contribution in [2.75, 3.05) is 0 Å². The number of hydrogen-bond acceptors (Lipinski definition) is 1. The first-order valence-electron chi connectivity index (χ1n) is 2.48. The van der Waals surface area contributed by atoms with Gasteiger partial charge in [0.05, 0.1) is 0 Å². The third-order valence-corrected chi connectivity index (χ3v) is 1.58. The van der Waals surface area contributed by atoms with Crippen molar-refractivity contribution in [3.05, 3.63) is 35.0 Å². The van der Waals surface area contributed by atoms with E-state index in [1.807, 2.05) is 12.1 Å². The molecule has 1 rings (SSSR count). The van der Waals surface area contributed by atoms with Crippen molar-refractivity contribution in [3.63, 3.8) is 0 Å². The SMILES string of the molecule is C=CCc1c[c-]sc1.[Li+]. The second-order valence-electron chi connectivity index (χ2n) is 1.57. The van der Waals surface area contributed by atoms with Gasteiger partial charge in [-0.15, -0.1) is 12.0 Å². The smallest absolute Gasteiger partial charge is 0.304 e. The zero-order chi connectivity index (χ0) is 5.82. The van der Waals surface area contributed by atoms with Crippen molar-refractivity contribution in [2.24, 2.45) is 0 Å². The minimum absolute atomic E-state index is 0. The summed E-state index contributed by atoms with van der Waals surface area (Å²) in [4.78, 5) is 0. The van der Waals surface area contributed by atoms with Crippen LogP contribution in [0.15, 0.2) is 24.1 Å². The van der Waals surface area contributed by atoms with Crippen molar-refractivity contribution >= 4 is 11.3 Å². The summed E-state index contributed by atoms with van der Waals surface area (Å²) >= 11 is 1.61. The van der Waals surface area contributed by atoms with Crippen LogP contribution in [0.1, 0.15) is 5.56 Å². The summed E-state index contributed by atoms with van der Waals surface area (Å²) in [5.41, 5.74) is 1.31. The van der Waals surface area contributed by atoms with E-state index in [2.05, 4.69) is 17.3 Å². The van der Waals surface area contributed by atoms with Crippen LogP contribution >= 0.6 is 11.3 Å². The van der Waals surface area contributed by atoms with Crippen LogP contribution < -0.4 is 18.9 Å². The zero-order valence-corrected chi connectivity index (χ0v) is 6.37. The predicted molar refractivity (Wildman–Crippen MR) is 37.1 cm³/mol. The fourth-order valence-corrected chi connectivity index (χ4v) is 1.13. The van der Waals surface area contributed by atoms with Gasteiger partial charge in [-0.05, 0) is 0 Å². The Hall–Kier alpha value is 0.0374. The van der Waals surface area contributed by atoms with Gasteiger partial charge in [0.2, 0.25) is 0 Å². The van der Waals surface area contributed by atoms with Crippen molar-refractivity contribution in [3.8, 4) is 0 Å². The van der Waals surface area contributed by atoms with Crippen LogP contribution in [0, 0.1) is 5.38 Å². The van der Waals surface area contributed by atoms with Gasteiger partial charge in [0.15, 0.2) is 0 Å². The zero-order valence-electron chi connectivity index (χ0n) is 5.55. The van der Waals surface area contributed by atoms with Gasteiger partial charge >= 0.3 is 18.9 Å². The Morgan fingerprint density at radius 2 is 2.56 bits per heavy atom. The van der Waals surface area contributed by atoms with Crippen LogP contribution in [0.25, 0.3) is 0 Å². The topological polar surface area (TPSA) is 0 Å². The van der Waals surface area contributed by atoms with E-state index in [-0.39, 0.29) is 18.9 Å². The van der Waals surface area contributed by atoms with E-state index in [4.69, 9.17) is 0 Å². The molecule has 0 aromatic carbocycles. The van der Waals surface area contributed by atoms with Gasteiger partial charge < -0.3 is 11.3 Å². The molecule has 2 heteroatoms. The molecule has 0 spiro atoms. The maximum atomic E-state index is 3.63. The summed E-state index contributed by atoms with van der Waals surface area (Å²) in [5.74, 6) is 0. The Bertz CT molecular complexity index is 155. The fraction of sp³-hybridized carbons (Fsp3) is 0.143. The van der Waals surface area contributed by atoms with Gasteiger partial charge in [0.25, 0.3) is 0 Å². The van der Waals surface area contributed by atoms with Crippen LogP contribution in [0.3, 0.4) is 0 Å². The van der Waals surface area contributed by atoms with Crippen LogP contribution in [-0.4, -0.2) is 0 Å². The van der Waals surface area contributed by atoms with E-state index in [0.717, 1.165) is 6.42 Å². The first-order valence-corrected chi connectivity index (χ1v) is 3.36. The molecule has 0 saturated heterocycles. The summed E-state index contributed by atoms with van der Waals surface area (Å²) in [6.07, 6.45) is 2.87. The number of rotatable bonds is 2. The molecule has 0 nitrogen and oxygen atoms in total. The molecule has 0 saturated carbocycles. The van der Waals surface area contributed by atoms with Crippen LogP contribution in [0.5, 0.6) is 0 Å². The second kappa shape index (κ2) is 4.87. The third kappa shape index (κ3) is 2.91. The normalized spacial score (nSPS) is 8.00. The molecule has 0 amide bonds. The maximum absolute atomic E-state index is 3.63. The molecule has 0 aliphatic carbocycles. The van der Waals surface area contributed by atoms with E-state index in [9.17, 15) is 0 Å². The Balaban J connectivity index is 0.000000640. The molecule has 0 aliphatic heterocycles. The minimum Gasteiger partial charge on any atom is -0.304 e. The van der Waals surface area contributed by atoms with E-state index in [1.165, 1.54) is 5.56 Å². The molecule has 0 unspecified atom stereocenters. The summed E-state index contributed by atoms with van der Waals surface area (Å²) < 4.78 is 0. The van der Waals surface area contributed by atoms with Gasteiger partial charge in [-0.25, -0.2) is 0 Å². The molecule has 1 aromatic rings. The Kier molecular flexibility index (Phi) is 4.89. The summed E-state index contributed by atoms with van der Waals surface area (Å²) in [7, 11) is 0. The largest absolute Gasteiger partial charge is 1.00 e. The molecule has 0 aliphatic rings. The first kappa shape index (κ1) is 9.04. The monoisotopic (exact) mass is 130 g/mol. The number of hydrogen-bond donors (Lipinski definition) is 0. The quantitative estimate of drug-likeness (QED) is 0.281. The molecule has 1 aromatic heterocycles. The molecule has 1 heterocycles. The molecule has 42 valence electrons. The molecule has 0 bridgehead atoms. The average Bonchev–Trinajstić information content (AvgIpc) is 2.19. The van der Waals surface area contributed by atoms with Crippen molar-refractivity contribution in [1.29, 1.82) is 0 Å². The molecule has 9 heavy (non-hydrogen) atoms. The molecular weight excluding hydrogens is 123 g/mol. The van der Waals surface area contributed by atoms with Crippen molar-refractivity contribution < 1.29 is 18.9 Å². The summed E-state index contributed by atoms with van der Waals surface area (Å²) in [5, 5.41) is 5.09. The van der Waals surface area contributed by atoms with Gasteiger partial charge in [0.1, 0.15) is 0 Å². The van der Waals surface area contributed by atoms with E-state index >= 15 is 0 Å². The number of allylic oxidation sites excluding steroid dienone is 1. The first-order chi connectivity index (χ1) is 3.93. The Morgan fingerprint density at radius 3 is 3.00 bits per heavy atom. The third-order valence-electron chi connectivity index (χ3n) is 0.903. The van der Waals surface area contributed by atoms with Gasteiger partial charge in [0, 0.05) is 0 Å². The summed E-state index contributed by atoms with van der Waals surface area (Å²) in [6, 6.07) is 1.99. The van der Waals surface area contributed by atoms with Crippen molar-refractivity contribution in [1.82, 2.24) is 0 Å². The van der Waals surface area contributed by atoms with Gasteiger partial charge in [-0.3, -0.25) is 0 Å². The van der Waals surface area contributed by atoms with Crippen LogP contribution in [-0.2, 0) is 6.42 Å². The van der Waals surface area contributed by atoms with E-state index in [0.29, 0.717) is 0 Å². The predicted octanol–water partition coefficient (Wildman–Crippen LogP) is -0.719. The Labute approximate surface area is 71.8 Å². The van der Waals surface area contributed by atoms with Gasteiger partial charge in [-0.1, -0.05) is 12.5 Å². The van der Waals surface area contributed by atoms with Gasteiger partial charge in [-0.2, -0.15) is 17.0 Å². The van der Waals surface area contributed by atoms with E-state index in [1.54, 1.807) is 11.3 Å². The number of thiophene rings is 1. The molecule has 0 fully saturated rings. The Morgan fingerprint density at radius 1 is 1.78 bits per heavy atom. The molecule has 0 N–H and O–H groups in total. The van der Waals surface area contributed by atoms with E-state index < -0.39 is 0 Å². The molecule has 0 atom stereocenters. The van der Waals surface area contributed by atoms with Crippen LogP contribution in [0.2, 0.25) is 0 Å². The average molecular weight is 130 g/mol.